The van der Waals surface area contributed by atoms with Gasteiger partial charge in [0.2, 0.25) is 5.89 Å². The molecule has 1 atom stereocenters. The molecule has 0 aromatic carbocycles. The molecule has 25 heavy (non-hydrogen) atoms. The van der Waals surface area contributed by atoms with Gasteiger partial charge in [0.15, 0.2) is 5.82 Å². The van der Waals surface area contributed by atoms with Gasteiger partial charge < -0.3 is 20.5 Å². The highest BCUT2D eigenvalue weighted by atomic mass is 35.5. The number of piperidine rings is 1. The summed E-state index contributed by atoms with van der Waals surface area (Å²) in [6.45, 7) is 6.28. The van der Waals surface area contributed by atoms with E-state index in [2.05, 4.69) is 29.3 Å². The predicted octanol–water partition coefficient (Wildman–Crippen LogP) is 2.76. The second kappa shape index (κ2) is 8.36. The fourth-order valence-electron chi connectivity index (χ4n) is 3.60. The van der Waals surface area contributed by atoms with E-state index in [1.807, 2.05) is 4.90 Å². The van der Waals surface area contributed by atoms with Crippen LogP contribution in [0, 0.1) is 5.92 Å². The molecule has 2 aliphatic rings. The largest absolute Gasteiger partial charge is 0.339 e. The number of nitrogens with two attached hydrogens (primary N) is 1. The van der Waals surface area contributed by atoms with Gasteiger partial charge in [-0.05, 0) is 31.6 Å². The molecule has 7 nitrogen and oxygen atoms in total. The van der Waals surface area contributed by atoms with Gasteiger partial charge in [-0.15, -0.1) is 12.4 Å². The molecule has 3 N–H and O–H groups in total. The maximum Gasteiger partial charge on any atom is 0.317 e. The lowest BCUT2D eigenvalue weighted by atomic mass is 9.97. The van der Waals surface area contributed by atoms with E-state index in [1.54, 1.807) is 0 Å². The highest BCUT2D eigenvalue weighted by molar-refractivity contribution is 5.85. The molecule has 1 saturated heterocycles. The Kier molecular flexibility index (Phi) is 6.68. The fourth-order valence-corrected chi connectivity index (χ4v) is 3.60. The molecular weight excluding hydrogens is 342 g/mol. The number of nitrogens with zero attached hydrogens (tertiary/aromatic N) is 3. The van der Waals surface area contributed by atoms with Gasteiger partial charge in [0.05, 0.1) is 11.5 Å². The highest BCUT2D eigenvalue weighted by Crippen LogP contribution is 2.35. The Morgan fingerprint density at radius 1 is 1.40 bits per heavy atom. The Morgan fingerprint density at radius 3 is 2.80 bits per heavy atom. The number of hydrogen-bond acceptors (Lipinski definition) is 5. The highest BCUT2D eigenvalue weighted by Gasteiger charge is 2.37. The van der Waals surface area contributed by atoms with Crippen LogP contribution in [0.15, 0.2) is 4.52 Å². The molecule has 1 unspecified atom stereocenters. The lowest BCUT2D eigenvalue weighted by Gasteiger charge is -2.31. The van der Waals surface area contributed by atoms with Gasteiger partial charge in [-0.25, -0.2) is 4.79 Å². The van der Waals surface area contributed by atoms with Crippen molar-refractivity contribution in [2.24, 2.45) is 11.7 Å². The van der Waals surface area contributed by atoms with Crippen molar-refractivity contribution in [3.63, 3.8) is 0 Å². The summed E-state index contributed by atoms with van der Waals surface area (Å²) in [4.78, 5) is 18.7. The van der Waals surface area contributed by atoms with Crippen molar-refractivity contribution < 1.29 is 9.32 Å². The van der Waals surface area contributed by atoms with E-state index < -0.39 is 5.54 Å². The normalized spacial score (nSPS) is 22.7. The summed E-state index contributed by atoms with van der Waals surface area (Å²) in [7, 11) is 0. The van der Waals surface area contributed by atoms with Crippen molar-refractivity contribution >= 4 is 18.4 Å². The number of urea groups is 1. The van der Waals surface area contributed by atoms with E-state index in [-0.39, 0.29) is 24.4 Å². The van der Waals surface area contributed by atoms with Gasteiger partial charge in [-0.2, -0.15) is 4.98 Å². The molecule has 8 heteroatoms. The quantitative estimate of drug-likeness (QED) is 0.848. The number of carbonyl (C=O) groups excluding carboxylic acids is 1. The number of aromatic nitrogens is 2. The van der Waals surface area contributed by atoms with Gasteiger partial charge in [-0.1, -0.05) is 31.8 Å². The van der Waals surface area contributed by atoms with Gasteiger partial charge in [0, 0.05) is 19.6 Å². The molecular formula is C17H30ClN5O2. The van der Waals surface area contributed by atoms with E-state index in [0.29, 0.717) is 30.7 Å². The minimum absolute atomic E-state index is 0. The van der Waals surface area contributed by atoms with Crippen molar-refractivity contribution in [1.29, 1.82) is 0 Å². The maximum absolute atomic E-state index is 12.3. The van der Waals surface area contributed by atoms with Gasteiger partial charge in [0.1, 0.15) is 0 Å². The number of rotatable bonds is 4. The van der Waals surface area contributed by atoms with Crippen LogP contribution in [0.4, 0.5) is 4.79 Å². The number of amides is 2. The van der Waals surface area contributed by atoms with E-state index in [4.69, 9.17) is 10.3 Å². The second-order valence-electron chi connectivity index (χ2n) is 7.68. The third kappa shape index (κ3) is 4.64. The Labute approximate surface area is 155 Å². The first-order valence-corrected chi connectivity index (χ1v) is 9.14. The third-order valence-corrected chi connectivity index (χ3v) is 5.10. The van der Waals surface area contributed by atoms with Crippen LogP contribution < -0.4 is 11.1 Å². The van der Waals surface area contributed by atoms with E-state index in [1.165, 1.54) is 0 Å². The molecule has 3 rings (SSSR count). The summed E-state index contributed by atoms with van der Waals surface area (Å²) in [5.41, 5.74) is 5.98. The van der Waals surface area contributed by atoms with Gasteiger partial charge in [-0.3, -0.25) is 0 Å². The molecule has 2 amide bonds. The fraction of sp³-hybridized carbons (Fsp3) is 0.824. The molecule has 2 heterocycles. The molecule has 1 aromatic rings. The lowest BCUT2D eigenvalue weighted by molar-refractivity contribution is 0.171. The van der Waals surface area contributed by atoms with Crippen molar-refractivity contribution in [2.75, 3.05) is 19.6 Å². The number of hydrogen-bond donors (Lipinski definition) is 2. The van der Waals surface area contributed by atoms with E-state index >= 15 is 0 Å². The number of likely N-dealkylation sites (tertiary alicyclic amines) is 1. The average Bonchev–Trinajstić information content (AvgIpc) is 3.22. The van der Waals surface area contributed by atoms with Crippen LogP contribution in [0.2, 0.25) is 0 Å². The number of nitrogens with one attached hydrogen (secondary N) is 1. The zero-order valence-corrected chi connectivity index (χ0v) is 16.0. The van der Waals surface area contributed by atoms with Crippen LogP contribution in [0.5, 0.6) is 0 Å². The molecule has 1 aliphatic carbocycles. The Morgan fingerprint density at radius 2 is 2.12 bits per heavy atom. The molecule has 142 valence electrons. The van der Waals surface area contributed by atoms with Crippen LogP contribution >= 0.6 is 12.4 Å². The molecule has 1 aliphatic heterocycles. The summed E-state index contributed by atoms with van der Waals surface area (Å²) in [6.07, 6.45) is 5.99. The monoisotopic (exact) mass is 371 g/mol. The zero-order chi connectivity index (χ0) is 17.2. The van der Waals surface area contributed by atoms with Crippen LogP contribution in [0.3, 0.4) is 0 Å². The van der Waals surface area contributed by atoms with Gasteiger partial charge >= 0.3 is 6.03 Å². The minimum Gasteiger partial charge on any atom is -0.339 e. The first-order chi connectivity index (χ1) is 11.5. The Bertz CT molecular complexity index is 571. The third-order valence-electron chi connectivity index (χ3n) is 5.10. The zero-order valence-electron chi connectivity index (χ0n) is 15.2. The number of halogens is 1. The maximum atomic E-state index is 12.3. The van der Waals surface area contributed by atoms with Crippen molar-refractivity contribution in [3.05, 3.63) is 11.7 Å². The topological polar surface area (TPSA) is 97.3 Å². The molecule has 0 bridgehead atoms. The average molecular weight is 372 g/mol. The summed E-state index contributed by atoms with van der Waals surface area (Å²) in [6, 6.07) is -0.000716. The van der Waals surface area contributed by atoms with E-state index in [9.17, 15) is 4.79 Å². The SMILES string of the molecule is CC(C)CNC(=O)N1CCCC(c2nc(C3(N)CCCC3)no2)C1.Cl. The van der Waals surface area contributed by atoms with Crippen molar-refractivity contribution in [1.82, 2.24) is 20.4 Å². The van der Waals surface area contributed by atoms with Crippen LogP contribution in [-0.2, 0) is 5.54 Å². The molecule has 1 saturated carbocycles. The number of carbonyl (C=O) groups is 1. The van der Waals surface area contributed by atoms with E-state index in [0.717, 1.165) is 45.1 Å². The Hall–Kier alpha value is -1.34. The standard InChI is InChI=1S/C17H29N5O2.ClH/c1-12(2)10-19-16(23)22-9-5-6-13(11-22)14-20-15(21-24-14)17(18)7-3-4-8-17;/h12-13H,3-11,18H2,1-2H3,(H,19,23);1H. The molecule has 1 aromatic heterocycles. The minimum atomic E-state index is -0.426. The van der Waals surface area contributed by atoms with Crippen LogP contribution in [0.25, 0.3) is 0 Å². The Balaban J connectivity index is 0.00000225. The van der Waals surface area contributed by atoms with Gasteiger partial charge in [0.25, 0.3) is 0 Å². The lowest BCUT2D eigenvalue weighted by Crippen LogP contribution is -2.45. The summed E-state index contributed by atoms with van der Waals surface area (Å²) < 4.78 is 5.51. The summed E-state index contributed by atoms with van der Waals surface area (Å²) in [5.74, 6) is 1.81. The first kappa shape index (κ1) is 20.0. The van der Waals surface area contributed by atoms with Crippen molar-refractivity contribution in [2.45, 2.75) is 63.8 Å². The predicted molar refractivity (Wildman–Crippen MR) is 97.7 cm³/mol. The van der Waals surface area contributed by atoms with Crippen molar-refractivity contribution in [3.8, 4) is 0 Å². The summed E-state index contributed by atoms with van der Waals surface area (Å²) >= 11 is 0. The second-order valence-corrected chi connectivity index (χ2v) is 7.68. The molecule has 0 spiro atoms. The van der Waals surface area contributed by atoms with Crippen LogP contribution in [0.1, 0.15) is 70.0 Å². The molecule has 2 fully saturated rings. The van der Waals surface area contributed by atoms with Crippen LogP contribution in [-0.4, -0.2) is 40.7 Å². The smallest absolute Gasteiger partial charge is 0.317 e. The first-order valence-electron chi connectivity index (χ1n) is 9.14. The summed E-state index contributed by atoms with van der Waals surface area (Å²) in [5, 5.41) is 7.12. The molecule has 0 radical (unpaired) electrons.